The Labute approximate surface area is 212 Å². The summed E-state index contributed by atoms with van der Waals surface area (Å²) in [5.74, 6) is 1.57. The van der Waals surface area contributed by atoms with Gasteiger partial charge in [0.2, 0.25) is 5.91 Å². The maximum atomic E-state index is 12.9. The molecule has 1 aliphatic heterocycles. The lowest BCUT2D eigenvalue weighted by Gasteiger charge is -2.39. The number of methoxy groups -OCH3 is 2. The van der Waals surface area contributed by atoms with Gasteiger partial charge in [-0.2, -0.15) is 0 Å². The highest BCUT2D eigenvalue weighted by atomic mass is 16.5. The lowest BCUT2D eigenvalue weighted by Crippen LogP contribution is -2.57. The average molecular weight is 492 g/mol. The number of anilines is 1. The van der Waals surface area contributed by atoms with Crippen molar-refractivity contribution in [2.75, 3.05) is 45.4 Å². The SMILES string of the molecule is COc1ccccc1COCCCOc1ccc(N2C(=O)CNCC2C(OC)c2ccccn2)cc1. The lowest BCUT2D eigenvalue weighted by molar-refractivity contribution is -0.120. The van der Waals surface area contributed by atoms with E-state index >= 15 is 0 Å². The Balaban J connectivity index is 1.30. The molecular weight excluding hydrogens is 458 g/mol. The predicted octanol–water partition coefficient (Wildman–Crippen LogP) is 3.77. The molecule has 36 heavy (non-hydrogen) atoms. The van der Waals surface area contributed by atoms with Gasteiger partial charge in [-0.05, 0) is 42.5 Å². The Morgan fingerprint density at radius 2 is 1.83 bits per heavy atom. The van der Waals surface area contributed by atoms with Crippen LogP contribution < -0.4 is 19.7 Å². The molecule has 0 aliphatic carbocycles. The fourth-order valence-corrected chi connectivity index (χ4v) is 4.34. The Hall–Kier alpha value is -3.46. The maximum Gasteiger partial charge on any atom is 0.241 e. The quantitative estimate of drug-likeness (QED) is 0.386. The zero-order chi connectivity index (χ0) is 25.2. The third kappa shape index (κ3) is 6.40. The van der Waals surface area contributed by atoms with Gasteiger partial charge in [-0.25, -0.2) is 0 Å². The van der Waals surface area contributed by atoms with Crippen molar-refractivity contribution in [1.82, 2.24) is 10.3 Å². The molecule has 1 saturated heterocycles. The van der Waals surface area contributed by atoms with Crippen LogP contribution >= 0.6 is 0 Å². The van der Waals surface area contributed by atoms with Crippen molar-refractivity contribution in [2.45, 2.75) is 25.2 Å². The van der Waals surface area contributed by atoms with Crippen LogP contribution in [0.15, 0.2) is 72.9 Å². The number of amides is 1. The Kier molecular flexibility index (Phi) is 9.27. The van der Waals surface area contributed by atoms with Crippen molar-refractivity contribution in [3.63, 3.8) is 0 Å². The molecule has 1 fully saturated rings. The number of pyridine rings is 1. The highest BCUT2D eigenvalue weighted by molar-refractivity contribution is 5.96. The molecule has 2 unspecified atom stereocenters. The number of rotatable bonds is 12. The molecule has 1 aliphatic rings. The number of nitrogens with one attached hydrogen (secondary N) is 1. The van der Waals surface area contributed by atoms with Gasteiger partial charge in [0.25, 0.3) is 0 Å². The number of nitrogens with zero attached hydrogens (tertiary/aromatic N) is 2. The van der Waals surface area contributed by atoms with Crippen LogP contribution in [0.3, 0.4) is 0 Å². The number of ether oxygens (including phenoxy) is 4. The van der Waals surface area contributed by atoms with Crippen LogP contribution in [-0.2, 0) is 20.9 Å². The van der Waals surface area contributed by atoms with E-state index in [4.69, 9.17) is 18.9 Å². The van der Waals surface area contributed by atoms with E-state index in [2.05, 4.69) is 10.3 Å². The van der Waals surface area contributed by atoms with E-state index in [1.807, 2.05) is 66.7 Å². The van der Waals surface area contributed by atoms with Crippen LogP contribution in [0.4, 0.5) is 5.69 Å². The van der Waals surface area contributed by atoms with E-state index in [0.29, 0.717) is 26.4 Å². The fourth-order valence-electron chi connectivity index (χ4n) is 4.34. The number of aromatic nitrogens is 1. The molecule has 0 bridgehead atoms. The minimum absolute atomic E-state index is 0.00917. The molecule has 8 nitrogen and oxygen atoms in total. The smallest absolute Gasteiger partial charge is 0.241 e. The molecule has 0 saturated carbocycles. The predicted molar refractivity (Wildman–Crippen MR) is 137 cm³/mol. The van der Waals surface area contributed by atoms with Crippen molar-refractivity contribution in [3.05, 3.63) is 84.2 Å². The number of carbonyl (C=O) groups is 1. The number of hydrogen-bond acceptors (Lipinski definition) is 7. The third-order valence-corrected chi connectivity index (χ3v) is 6.08. The maximum absolute atomic E-state index is 12.9. The van der Waals surface area contributed by atoms with Crippen molar-refractivity contribution >= 4 is 11.6 Å². The second-order valence-electron chi connectivity index (χ2n) is 8.43. The van der Waals surface area contributed by atoms with Crippen molar-refractivity contribution in [2.24, 2.45) is 0 Å². The number of para-hydroxylation sites is 1. The van der Waals surface area contributed by atoms with E-state index in [1.54, 1.807) is 25.3 Å². The third-order valence-electron chi connectivity index (χ3n) is 6.08. The van der Waals surface area contributed by atoms with Crippen LogP contribution in [0.5, 0.6) is 11.5 Å². The summed E-state index contributed by atoms with van der Waals surface area (Å²) in [6.07, 6.45) is 2.14. The van der Waals surface area contributed by atoms with Crippen LogP contribution in [0.25, 0.3) is 0 Å². The summed E-state index contributed by atoms with van der Waals surface area (Å²) in [7, 11) is 3.31. The van der Waals surface area contributed by atoms with Crippen LogP contribution in [0.2, 0.25) is 0 Å². The minimum Gasteiger partial charge on any atom is -0.496 e. The summed E-state index contributed by atoms with van der Waals surface area (Å²) in [6.45, 7) is 2.50. The molecule has 3 aromatic rings. The average Bonchev–Trinajstić information content (AvgIpc) is 2.92. The molecule has 0 radical (unpaired) electrons. The molecule has 2 atom stereocenters. The Bertz CT molecular complexity index is 1090. The summed E-state index contributed by atoms with van der Waals surface area (Å²) in [5, 5.41) is 3.20. The molecule has 4 rings (SSSR count). The van der Waals surface area contributed by atoms with Crippen molar-refractivity contribution < 1.29 is 23.7 Å². The van der Waals surface area contributed by atoms with E-state index in [0.717, 1.165) is 34.9 Å². The van der Waals surface area contributed by atoms with Crippen LogP contribution in [0.1, 0.15) is 23.8 Å². The van der Waals surface area contributed by atoms with Crippen LogP contribution in [-0.4, -0.2) is 57.5 Å². The molecule has 1 N–H and O–H groups in total. The second-order valence-corrected chi connectivity index (χ2v) is 8.43. The van der Waals surface area contributed by atoms with Gasteiger partial charge in [-0.3, -0.25) is 9.78 Å². The monoisotopic (exact) mass is 491 g/mol. The Morgan fingerprint density at radius 1 is 1.03 bits per heavy atom. The van der Waals surface area contributed by atoms with Crippen molar-refractivity contribution in [3.8, 4) is 11.5 Å². The Morgan fingerprint density at radius 3 is 2.58 bits per heavy atom. The first-order chi connectivity index (χ1) is 17.7. The highest BCUT2D eigenvalue weighted by Crippen LogP contribution is 2.30. The van der Waals surface area contributed by atoms with Crippen molar-refractivity contribution in [1.29, 1.82) is 0 Å². The molecule has 2 aromatic carbocycles. The van der Waals surface area contributed by atoms with Gasteiger partial charge < -0.3 is 29.2 Å². The molecular formula is C28H33N3O5. The number of benzene rings is 2. The largest absolute Gasteiger partial charge is 0.496 e. The normalized spacial score (nSPS) is 16.6. The first-order valence-corrected chi connectivity index (χ1v) is 12.1. The first kappa shape index (κ1) is 25.6. The van der Waals surface area contributed by atoms with E-state index in [9.17, 15) is 4.79 Å². The molecule has 2 heterocycles. The molecule has 8 heteroatoms. The highest BCUT2D eigenvalue weighted by Gasteiger charge is 2.36. The summed E-state index contributed by atoms with van der Waals surface area (Å²) in [5.41, 5.74) is 2.62. The van der Waals surface area contributed by atoms with E-state index < -0.39 is 0 Å². The molecule has 0 spiro atoms. The molecule has 1 amide bonds. The minimum atomic E-state index is -0.352. The van der Waals surface area contributed by atoms with Gasteiger partial charge in [0.15, 0.2) is 0 Å². The van der Waals surface area contributed by atoms with E-state index in [-0.39, 0.29) is 24.6 Å². The van der Waals surface area contributed by atoms with Gasteiger partial charge in [-0.15, -0.1) is 0 Å². The first-order valence-electron chi connectivity index (χ1n) is 12.1. The zero-order valence-electron chi connectivity index (χ0n) is 20.8. The standard InChI is InChI=1S/C28H33N3O5/c1-33-26-10-4-3-8-21(26)20-35-16-7-17-36-23-13-11-22(12-14-23)31-25(18-29-19-27(31)32)28(34-2)24-9-5-6-15-30-24/h3-6,8-15,25,28-29H,7,16-20H2,1-2H3. The number of piperazine rings is 1. The molecule has 190 valence electrons. The zero-order valence-corrected chi connectivity index (χ0v) is 20.8. The fraction of sp³-hybridized carbons (Fsp3) is 0.357. The topological polar surface area (TPSA) is 82.2 Å². The van der Waals surface area contributed by atoms with Gasteiger partial charge in [0.1, 0.15) is 17.6 Å². The van der Waals surface area contributed by atoms with Gasteiger partial charge >= 0.3 is 0 Å². The summed E-state index contributed by atoms with van der Waals surface area (Å²) in [4.78, 5) is 19.1. The second kappa shape index (κ2) is 13.0. The summed E-state index contributed by atoms with van der Waals surface area (Å²) >= 11 is 0. The number of carbonyl (C=O) groups excluding carboxylic acids is 1. The van der Waals surface area contributed by atoms with E-state index in [1.165, 1.54) is 0 Å². The van der Waals surface area contributed by atoms with Gasteiger partial charge in [0.05, 0.1) is 45.2 Å². The number of hydrogen-bond donors (Lipinski definition) is 1. The summed E-state index contributed by atoms with van der Waals surface area (Å²) < 4.78 is 22.8. The summed E-state index contributed by atoms with van der Waals surface area (Å²) in [6, 6.07) is 20.9. The van der Waals surface area contributed by atoms with Gasteiger partial charge in [0, 0.05) is 37.5 Å². The van der Waals surface area contributed by atoms with Gasteiger partial charge in [-0.1, -0.05) is 24.3 Å². The lowest BCUT2D eigenvalue weighted by atomic mass is 10.0. The van der Waals surface area contributed by atoms with Crippen LogP contribution in [0, 0.1) is 0 Å². The molecule has 1 aromatic heterocycles.